The number of hydrogen-bond donors (Lipinski definition) is 2. The highest BCUT2D eigenvalue weighted by Crippen LogP contribution is 2.40. The van der Waals surface area contributed by atoms with Gasteiger partial charge in [-0.25, -0.2) is 9.97 Å². The van der Waals surface area contributed by atoms with Gasteiger partial charge in [-0.05, 0) is 51.6 Å². The van der Waals surface area contributed by atoms with Gasteiger partial charge in [-0.3, -0.25) is 4.68 Å². The van der Waals surface area contributed by atoms with E-state index in [1.165, 1.54) is 16.5 Å². The summed E-state index contributed by atoms with van der Waals surface area (Å²) in [7, 11) is 9.77. The van der Waals surface area contributed by atoms with Crippen LogP contribution in [0, 0.1) is 6.92 Å². The summed E-state index contributed by atoms with van der Waals surface area (Å²) in [6, 6.07) is 12.5. The Kier molecular flexibility index (Phi) is 7.24. The van der Waals surface area contributed by atoms with E-state index in [0.29, 0.717) is 23.1 Å². The third kappa shape index (κ3) is 5.02. The first-order valence-corrected chi connectivity index (χ1v) is 14.3. The highest BCUT2D eigenvalue weighted by atomic mass is 16.5. The Morgan fingerprint density at radius 2 is 1.93 bits per heavy atom. The van der Waals surface area contributed by atoms with E-state index >= 15 is 0 Å². The highest BCUT2D eigenvalue weighted by Gasteiger charge is 2.23. The number of methoxy groups -OCH3 is 1. The molecule has 42 heavy (non-hydrogen) atoms. The van der Waals surface area contributed by atoms with Gasteiger partial charge in [0.05, 0.1) is 46.8 Å². The number of aromatic nitrogens is 5. The van der Waals surface area contributed by atoms with E-state index in [1.54, 1.807) is 7.11 Å². The van der Waals surface area contributed by atoms with Gasteiger partial charge in [-0.2, -0.15) is 5.10 Å². The molecule has 6 rings (SSSR count). The van der Waals surface area contributed by atoms with E-state index in [9.17, 15) is 0 Å². The topological polar surface area (TPSA) is 102 Å². The van der Waals surface area contributed by atoms with Crippen molar-refractivity contribution < 1.29 is 4.74 Å². The molecule has 0 unspecified atom stereocenters. The van der Waals surface area contributed by atoms with Crippen molar-refractivity contribution in [3.05, 3.63) is 60.0 Å². The Morgan fingerprint density at radius 3 is 2.67 bits per heavy atom. The first-order valence-electron chi connectivity index (χ1n) is 14.3. The fourth-order valence-electron chi connectivity index (χ4n) is 5.92. The second-order valence-corrected chi connectivity index (χ2v) is 11.4. The van der Waals surface area contributed by atoms with Gasteiger partial charge in [0.2, 0.25) is 5.95 Å². The Bertz CT molecular complexity index is 1770. The lowest BCUT2D eigenvalue weighted by atomic mass is 10.00. The molecule has 10 nitrogen and oxygen atoms in total. The van der Waals surface area contributed by atoms with Crippen LogP contribution in [0.1, 0.15) is 17.7 Å². The van der Waals surface area contributed by atoms with Crippen molar-refractivity contribution in [1.82, 2.24) is 29.2 Å². The summed E-state index contributed by atoms with van der Waals surface area (Å²) >= 11 is 0. The van der Waals surface area contributed by atoms with E-state index in [4.69, 9.17) is 20.4 Å². The van der Waals surface area contributed by atoms with E-state index in [0.717, 1.165) is 66.4 Å². The van der Waals surface area contributed by atoms with E-state index in [2.05, 4.69) is 69.3 Å². The summed E-state index contributed by atoms with van der Waals surface area (Å²) < 4.78 is 10.0. The summed E-state index contributed by atoms with van der Waals surface area (Å²) in [6.07, 6.45) is 6.34. The van der Waals surface area contributed by atoms with Gasteiger partial charge in [0.25, 0.3) is 0 Å². The zero-order valence-electron chi connectivity index (χ0n) is 25.3. The zero-order valence-corrected chi connectivity index (χ0v) is 25.3. The molecular weight excluding hydrogens is 526 g/mol. The average Bonchev–Trinajstić information content (AvgIpc) is 3.52. The lowest BCUT2D eigenvalue weighted by Gasteiger charge is -2.24. The predicted octanol–water partition coefficient (Wildman–Crippen LogP) is 5.09. The first kappa shape index (κ1) is 27.6. The Balaban J connectivity index is 1.44. The molecule has 218 valence electrons. The van der Waals surface area contributed by atoms with Gasteiger partial charge in [-0.1, -0.05) is 18.2 Å². The van der Waals surface area contributed by atoms with Crippen LogP contribution in [0.15, 0.2) is 48.8 Å². The second kappa shape index (κ2) is 11.0. The number of aryl methyl sites for hydroxylation is 4. The minimum atomic E-state index is 0.464. The number of ether oxygens (including phenoxy) is 1. The van der Waals surface area contributed by atoms with Crippen LogP contribution in [0.2, 0.25) is 0 Å². The molecule has 3 N–H and O–H groups in total. The van der Waals surface area contributed by atoms with Crippen LogP contribution in [0.25, 0.3) is 33.4 Å². The lowest BCUT2D eigenvalue weighted by Crippen LogP contribution is -2.29. The molecular formula is C32H39N9O. The Labute approximate surface area is 246 Å². The molecule has 0 saturated heterocycles. The fourth-order valence-corrected chi connectivity index (χ4v) is 5.92. The van der Waals surface area contributed by atoms with Crippen molar-refractivity contribution in [3.63, 3.8) is 0 Å². The van der Waals surface area contributed by atoms with Crippen molar-refractivity contribution in [2.45, 2.75) is 26.3 Å². The van der Waals surface area contributed by atoms with Gasteiger partial charge in [0.1, 0.15) is 5.75 Å². The Hall–Kier alpha value is -4.57. The minimum Gasteiger partial charge on any atom is -0.494 e. The summed E-state index contributed by atoms with van der Waals surface area (Å²) in [5.74, 6) is 1.13. The van der Waals surface area contributed by atoms with Crippen LogP contribution in [0.5, 0.6) is 5.75 Å². The van der Waals surface area contributed by atoms with Crippen molar-refractivity contribution in [1.29, 1.82) is 0 Å². The van der Waals surface area contributed by atoms with Crippen molar-refractivity contribution in [3.8, 4) is 28.3 Å². The number of likely N-dealkylation sites (N-methyl/N-ethyl adjacent to an activating group) is 2. The molecule has 10 heteroatoms. The second-order valence-electron chi connectivity index (χ2n) is 11.4. The monoisotopic (exact) mass is 565 g/mol. The molecule has 0 amide bonds. The zero-order chi connectivity index (χ0) is 29.5. The number of benzene rings is 2. The number of nitrogens with zero attached hydrogens (tertiary/aromatic N) is 7. The van der Waals surface area contributed by atoms with Gasteiger partial charge in [-0.15, -0.1) is 0 Å². The SMILES string of the molecule is COc1cc(N(C)CCN(C)C)c(N)cc1Nc1ncc(-c2cc(C)nn2C)c(-c2cn3c4c(cccc24)CCC3)n1. The fraction of sp³-hybridized carbons (Fsp3) is 0.344. The molecule has 0 atom stereocenters. The standard InChI is InChI=1S/C32H39N9O/c1-20-15-27(40(5)37-20)23-18-34-32(35-26-16-25(33)28(17-29(26)42-6)39(4)14-13-38(2)3)36-30(23)24-19-41-12-8-10-21-9-7-11-22(24)31(21)41/h7,9,11,15-19H,8,10,12-14,33H2,1-6H3,(H,34,35,36). The van der Waals surface area contributed by atoms with Crippen LogP contribution in [0.3, 0.4) is 0 Å². The number of nitrogens with two attached hydrogens (primary N) is 1. The molecule has 0 radical (unpaired) electrons. The molecule has 5 aromatic rings. The molecule has 1 aliphatic heterocycles. The molecule has 0 bridgehead atoms. The van der Waals surface area contributed by atoms with E-state index < -0.39 is 0 Å². The Morgan fingerprint density at radius 1 is 1.10 bits per heavy atom. The average molecular weight is 566 g/mol. The maximum absolute atomic E-state index is 6.54. The van der Waals surface area contributed by atoms with Crippen LogP contribution < -0.4 is 20.7 Å². The van der Waals surface area contributed by atoms with Gasteiger partial charge < -0.3 is 30.2 Å². The summed E-state index contributed by atoms with van der Waals surface area (Å²) in [5.41, 5.74) is 16.3. The smallest absolute Gasteiger partial charge is 0.227 e. The number of anilines is 4. The van der Waals surface area contributed by atoms with Crippen LogP contribution in [0.4, 0.5) is 23.0 Å². The number of para-hydroxylation sites is 1. The van der Waals surface area contributed by atoms with Gasteiger partial charge in [0, 0.05) is 68.7 Å². The van der Waals surface area contributed by atoms with Crippen LogP contribution >= 0.6 is 0 Å². The molecule has 4 heterocycles. The van der Waals surface area contributed by atoms with Gasteiger partial charge in [0.15, 0.2) is 0 Å². The maximum Gasteiger partial charge on any atom is 0.227 e. The molecule has 3 aromatic heterocycles. The minimum absolute atomic E-state index is 0.464. The van der Waals surface area contributed by atoms with E-state index in [1.807, 2.05) is 44.0 Å². The molecule has 2 aromatic carbocycles. The molecule has 0 fully saturated rings. The first-order chi connectivity index (χ1) is 20.2. The van der Waals surface area contributed by atoms with Crippen molar-refractivity contribution in [2.24, 2.45) is 7.05 Å². The number of hydrogen-bond acceptors (Lipinski definition) is 8. The number of rotatable bonds is 9. The predicted molar refractivity (Wildman–Crippen MR) is 171 cm³/mol. The van der Waals surface area contributed by atoms with Crippen molar-refractivity contribution in [2.75, 3.05) is 57.3 Å². The molecule has 0 spiro atoms. The van der Waals surface area contributed by atoms with Crippen LogP contribution in [-0.2, 0) is 20.0 Å². The number of nitrogens with one attached hydrogen (secondary N) is 1. The quantitative estimate of drug-likeness (QED) is 0.239. The largest absolute Gasteiger partial charge is 0.494 e. The summed E-state index contributed by atoms with van der Waals surface area (Å²) in [5, 5.41) is 9.20. The third-order valence-corrected chi connectivity index (χ3v) is 8.04. The maximum atomic E-state index is 6.54. The highest BCUT2D eigenvalue weighted by molar-refractivity contribution is 6.00. The summed E-state index contributed by atoms with van der Waals surface area (Å²) in [6.45, 7) is 4.74. The summed E-state index contributed by atoms with van der Waals surface area (Å²) in [4.78, 5) is 14.2. The third-order valence-electron chi connectivity index (χ3n) is 8.04. The normalized spacial score (nSPS) is 12.7. The van der Waals surface area contributed by atoms with Crippen LogP contribution in [-0.4, -0.2) is 70.6 Å². The molecule has 1 aliphatic rings. The van der Waals surface area contributed by atoms with E-state index in [-0.39, 0.29) is 0 Å². The molecule has 0 saturated carbocycles. The number of nitrogen functional groups attached to an aromatic ring is 1. The van der Waals surface area contributed by atoms with Gasteiger partial charge >= 0.3 is 0 Å². The lowest BCUT2D eigenvalue weighted by molar-refractivity contribution is 0.413. The van der Waals surface area contributed by atoms with Crippen molar-refractivity contribution >= 4 is 33.9 Å². The molecule has 0 aliphatic carbocycles.